The second-order valence-electron chi connectivity index (χ2n) is 9.39. The number of ether oxygens (including phenoxy) is 2. The molecule has 0 aliphatic rings. The minimum Gasteiger partial charge on any atom is -0.423 e. The second-order valence-corrected chi connectivity index (χ2v) is 9.39. The molecule has 30 heavy (non-hydrogen) atoms. The van der Waals surface area contributed by atoms with Crippen LogP contribution in [-0.2, 0) is 9.59 Å². The van der Waals surface area contributed by atoms with Crippen molar-refractivity contribution in [1.29, 1.82) is 0 Å². The summed E-state index contributed by atoms with van der Waals surface area (Å²) in [5.74, 6) is 0.104. The van der Waals surface area contributed by atoms with Crippen molar-refractivity contribution in [1.82, 2.24) is 0 Å². The number of carbonyl (C=O) groups is 2. The van der Waals surface area contributed by atoms with E-state index in [0.29, 0.717) is 29.8 Å². The molecule has 0 saturated heterocycles. The molecule has 0 aliphatic heterocycles. The quantitative estimate of drug-likeness (QED) is 0.167. The Morgan fingerprint density at radius 1 is 0.700 bits per heavy atom. The molecule has 0 fully saturated rings. The van der Waals surface area contributed by atoms with Crippen LogP contribution in [0.3, 0.4) is 0 Å². The molecule has 1 aromatic rings. The molecule has 0 spiro atoms. The van der Waals surface area contributed by atoms with Gasteiger partial charge in [0.15, 0.2) is 11.5 Å². The largest absolute Gasteiger partial charge is 0.423 e. The average molecular weight is 419 g/mol. The summed E-state index contributed by atoms with van der Waals surface area (Å²) in [6, 6.07) is 6.90. The number of para-hydroxylation sites is 2. The molecular formula is C26H42O4. The first-order chi connectivity index (χ1) is 14.3. The SMILES string of the molecule is CCCCCCCCCC(=O)Oc1ccccc1OC(=O)CCCCCC(C)(C)C. The second kappa shape index (κ2) is 15.0. The van der Waals surface area contributed by atoms with Crippen molar-refractivity contribution in [3.63, 3.8) is 0 Å². The van der Waals surface area contributed by atoms with Crippen LogP contribution in [0.4, 0.5) is 0 Å². The topological polar surface area (TPSA) is 52.6 Å². The van der Waals surface area contributed by atoms with E-state index in [9.17, 15) is 9.59 Å². The fourth-order valence-electron chi connectivity index (χ4n) is 3.29. The summed E-state index contributed by atoms with van der Waals surface area (Å²) in [4.78, 5) is 24.3. The maximum absolute atomic E-state index is 12.2. The van der Waals surface area contributed by atoms with Crippen molar-refractivity contribution in [3.05, 3.63) is 24.3 Å². The summed E-state index contributed by atoms with van der Waals surface area (Å²) in [7, 11) is 0. The van der Waals surface area contributed by atoms with Crippen LogP contribution in [0.25, 0.3) is 0 Å². The number of rotatable bonds is 15. The van der Waals surface area contributed by atoms with Gasteiger partial charge in [-0.2, -0.15) is 0 Å². The standard InChI is InChI=1S/C26H42O4/c1-5-6-7-8-9-10-12-19-24(27)29-22-17-14-15-18-23(22)30-25(28)20-13-11-16-21-26(2,3)4/h14-15,17-18H,5-13,16,19-21H2,1-4H3. The van der Waals surface area contributed by atoms with E-state index in [-0.39, 0.29) is 11.9 Å². The van der Waals surface area contributed by atoms with Crippen LogP contribution in [0.2, 0.25) is 0 Å². The number of unbranched alkanes of at least 4 members (excludes halogenated alkanes) is 8. The van der Waals surface area contributed by atoms with Crippen LogP contribution in [0.15, 0.2) is 24.3 Å². The van der Waals surface area contributed by atoms with Crippen molar-refractivity contribution < 1.29 is 19.1 Å². The first-order valence-electron chi connectivity index (χ1n) is 11.8. The van der Waals surface area contributed by atoms with Crippen LogP contribution in [0, 0.1) is 5.41 Å². The highest BCUT2D eigenvalue weighted by Gasteiger charge is 2.14. The van der Waals surface area contributed by atoms with Crippen molar-refractivity contribution in [2.75, 3.05) is 0 Å². The van der Waals surface area contributed by atoms with Crippen molar-refractivity contribution in [3.8, 4) is 11.5 Å². The molecule has 0 aliphatic carbocycles. The predicted molar refractivity (Wildman–Crippen MR) is 123 cm³/mol. The zero-order valence-electron chi connectivity index (χ0n) is 19.6. The van der Waals surface area contributed by atoms with Gasteiger partial charge < -0.3 is 9.47 Å². The van der Waals surface area contributed by atoms with Gasteiger partial charge in [-0.1, -0.05) is 91.2 Å². The van der Waals surface area contributed by atoms with Crippen LogP contribution in [0.1, 0.15) is 111 Å². The Labute approximate surface area is 183 Å². The minimum absolute atomic E-state index is 0.269. The van der Waals surface area contributed by atoms with Gasteiger partial charge in [0.1, 0.15) is 0 Å². The van der Waals surface area contributed by atoms with Gasteiger partial charge in [-0.3, -0.25) is 9.59 Å². The lowest BCUT2D eigenvalue weighted by Crippen LogP contribution is -2.12. The molecule has 170 valence electrons. The number of hydrogen-bond acceptors (Lipinski definition) is 4. The molecule has 0 aromatic heterocycles. The third-order valence-electron chi connectivity index (χ3n) is 5.09. The summed E-state index contributed by atoms with van der Waals surface area (Å²) in [6.45, 7) is 8.90. The van der Waals surface area contributed by atoms with E-state index in [0.717, 1.165) is 44.9 Å². The first-order valence-corrected chi connectivity index (χ1v) is 11.8. The lowest BCUT2D eigenvalue weighted by molar-refractivity contribution is -0.137. The number of esters is 2. The van der Waals surface area contributed by atoms with Crippen molar-refractivity contribution >= 4 is 11.9 Å². The molecular weight excluding hydrogens is 376 g/mol. The van der Waals surface area contributed by atoms with Gasteiger partial charge in [0.2, 0.25) is 0 Å². The van der Waals surface area contributed by atoms with E-state index < -0.39 is 0 Å². The van der Waals surface area contributed by atoms with E-state index in [1.165, 1.54) is 25.7 Å². The Morgan fingerprint density at radius 2 is 1.13 bits per heavy atom. The molecule has 0 saturated carbocycles. The van der Waals surface area contributed by atoms with E-state index in [2.05, 4.69) is 27.7 Å². The van der Waals surface area contributed by atoms with E-state index in [1.807, 2.05) is 0 Å². The fraction of sp³-hybridized carbons (Fsp3) is 0.692. The normalized spacial score (nSPS) is 11.3. The van der Waals surface area contributed by atoms with Gasteiger partial charge in [-0.05, 0) is 36.8 Å². The molecule has 0 atom stereocenters. The minimum atomic E-state index is -0.277. The Hall–Kier alpha value is -1.84. The highest BCUT2D eigenvalue weighted by Crippen LogP contribution is 2.28. The van der Waals surface area contributed by atoms with E-state index >= 15 is 0 Å². The number of hydrogen-bond donors (Lipinski definition) is 0. The highest BCUT2D eigenvalue weighted by atomic mass is 16.6. The summed E-state index contributed by atoms with van der Waals surface area (Å²) in [5, 5.41) is 0. The molecule has 4 heteroatoms. The molecule has 0 heterocycles. The van der Waals surface area contributed by atoms with Crippen LogP contribution in [0.5, 0.6) is 11.5 Å². The number of carbonyl (C=O) groups excluding carboxylic acids is 2. The summed E-state index contributed by atoms with van der Waals surface area (Å²) in [5.41, 5.74) is 0.332. The summed E-state index contributed by atoms with van der Waals surface area (Å²) >= 11 is 0. The summed E-state index contributed by atoms with van der Waals surface area (Å²) < 4.78 is 10.9. The Balaban J connectivity index is 2.32. The van der Waals surface area contributed by atoms with Crippen LogP contribution >= 0.6 is 0 Å². The molecule has 4 nitrogen and oxygen atoms in total. The Morgan fingerprint density at radius 3 is 1.60 bits per heavy atom. The lowest BCUT2D eigenvalue weighted by Gasteiger charge is -2.17. The number of benzene rings is 1. The highest BCUT2D eigenvalue weighted by molar-refractivity contribution is 5.76. The smallest absolute Gasteiger partial charge is 0.311 e. The zero-order chi connectivity index (χ0) is 22.2. The monoisotopic (exact) mass is 418 g/mol. The van der Waals surface area contributed by atoms with Gasteiger partial charge >= 0.3 is 11.9 Å². The Bertz CT molecular complexity index is 616. The van der Waals surface area contributed by atoms with Gasteiger partial charge in [0, 0.05) is 12.8 Å². The van der Waals surface area contributed by atoms with Crippen molar-refractivity contribution in [2.45, 2.75) is 111 Å². The maximum atomic E-state index is 12.2. The Kier molecular flexibility index (Phi) is 13.1. The molecule has 0 N–H and O–H groups in total. The fourth-order valence-corrected chi connectivity index (χ4v) is 3.29. The molecule has 0 amide bonds. The molecule has 0 radical (unpaired) electrons. The summed E-state index contributed by atoms with van der Waals surface area (Å²) in [6.07, 6.45) is 13.0. The van der Waals surface area contributed by atoms with Gasteiger partial charge in [-0.25, -0.2) is 0 Å². The third-order valence-corrected chi connectivity index (χ3v) is 5.09. The van der Waals surface area contributed by atoms with Crippen LogP contribution < -0.4 is 9.47 Å². The van der Waals surface area contributed by atoms with Gasteiger partial charge in [0.25, 0.3) is 0 Å². The zero-order valence-corrected chi connectivity index (χ0v) is 19.6. The van der Waals surface area contributed by atoms with E-state index in [4.69, 9.17) is 9.47 Å². The van der Waals surface area contributed by atoms with Gasteiger partial charge in [0.05, 0.1) is 0 Å². The van der Waals surface area contributed by atoms with Crippen molar-refractivity contribution in [2.24, 2.45) is 5.41 Å². The van der Waals surface area contributed by atoms with E-state index in [1.54, 1.807) is 24.3 Å². The molecule has 0 unspecified atom stereocenters. The lowest BCUT2D eigenvalue weighted by atomic mass is 9.89. The molecule has 1 aromatic carbocycles. The predicted octanol–water partition coefficient (Wildman–Crippen LogP) is 7.63. The molecule has 1 rings (SSSR count). The molecule has 0 bridgehead atoms. The third kappa shape index (κ3) is 13.4. The first kappa shape index (κ1) is 26.2. The van der Waals surface area contributed by atoms with Crippen LogP contribution in [-0.4, -0.2) is 11.9 Å². The average Bonchev–Trinajstić information content (AvgIpc) is 2.67. The maximum Gasteiger partial charge on any atom is 0.311 e. The van der Waals surface area contributed by atoms with Gasteiger partial charge in [-0.15, -0.1) is 0 Å².